The molecule has 1 aliphatic heterocycles. The van der Waals surface area contributed by atoms with Crippen LogP contribution in [-0.2, 0) is 22.6 Å². The lowest BCUT2D eigenvalue weighted by molar-refractivity contribution is -0.145. The Hall–Kier alpha value is -2.97. The van der Waals surface area contributed by atoms with Crippen LogP contribution in [0.4, 0.5) is 5.95 Å². The van der Waals surface area contributed by atoms with Gasteiger partial charge in [-0.1, -0.05) is 35.4 Å². The van der Waals surface area contributed by atoms with Gasteiger partial charge in [-0.25, -0.2) is 4.68 Å². The lowest BCUT2D eigenvalue weighted by Gasteiger charge is -2.34. The number of tetrazole rings is 1. The molecule has 1 aromatic heterocycles. The monoisotopic (exact) mass is 329 g/mol. The molecule has 0 saturated carbocycles. The number of nitrogens with two attached hydrogens (primary N) is 1. The Labute approximate surface area is 139 Å². The number of nitrogen functional groups attached to an aromatic ring is 1. The van der Waals surface area contributed by atoms with Crippen LogP contribution in [0.15, 0.2) is 30.3 Å². The quantitative estimate of drug-likeness (QED) is 0.766. The van der Waals surface area contributed by atoms with Crippen molar-refractivity contribution in [1.82, 2.24) is 30.0 Å². The molecule has 2 aromatic rings. The fourth-order valence-electron chi connectivity index (χ4n) is 2.62. The van der Waals surface area contributed by atoms with Crippen molar-refractivity contribution in [1.29, 1.82) is 0 Å². The maximum atomic E-state index is 12.3. The van der Waals surface area contributed by atoms with Gasteiger partial charge in [-0.15, -0.1) is 0 Å². The average Bonchev–Trinajstić information content (AvgIpc) is 2.99. The second-order valence-corrected chi connectivity index (χ2v) is 5.63. The van der Waals surface area contributed by atoms with Crippen LogP contribution in [-0.4, -0.2) is 68.0 Å². The summed E-state index contributed by atoms with van der Waals surface area (Å²) in [5.74, 6) is -0.184. The first-order valence-electron chi connectivity index (χ1n) is 7.74. The standard InChI is InChI=1S/C15H19N7O2/c16-15-17-18-19-22(15)11-14(24)21-9-8-20(13(23)10-21)7-6-12-4-2-1-3-5-12/h1-5H,6-11H2,(H2,16,17,19). The van der Waals surface area contributed by atoms with Crippen LogP contribution < -0.4 is 5.73 Å². The maximum absolute atomic E-state index is 12.3. The second kappa shape index (κ2) is 7.07. The minimum Gasteiger partial charge on any atom is -0.367 e. The van der Waals surface area contributed by atoms with E-state index in [0.29, 0.717) is 19.6 Å². The third kappa shape index (κ3) is 3.67. The molecule has 1 aromatic carbocycles. The summed E-state index contributed by atoms with van der Waals surface area (Å²) in [4.78, 5) is 27.8. The van der Waals surface area contributed by atoms with Crippen molar-refractivity contribution in [3.63, 3.8) is 0 Å². The summed E-state index contributed by atoms with van der Waals surface area (Å²) in [5, 5.41) is 10.6. The first-order chi connectivity index (χ1) is 11.6. The molecule has 1 saturated heterocycles. The van der Waals surface area contributed by atoms with Gasteiger partial charge in [0.15, 0.2) is 0 Å². The topological polar surface area (TPSA) is 110 Å². The van der Waals surface area contributed by atoms with Gasteiger partial charge >= 0.3 is 0 Å². The molecule has 2 heterocycles. The lowest BCUT2D eigenvalue weighted by Crippen LogP contribution is -2.53. The van der Waals surface area contributed by atoms with E-state index in [-0.39, 0.29) is 30.9 Å². The number of hydrogen-bond donors (Lipinski definition) is 1. The van der Waals surface area contributed by atoms with E-state index in [4.69, 9.17) is 5.73 Å². The molecule has 9 nitrogen and oxygen atoms in total. The minimum absolute atomic E-state index is 0.0461. The van der Waals surface area contributed by atoms with Crippen molar-refractivity contribution in [2.45, 2.75) is 13.0 Å². The van der Waals surface area contributed by atoms with Crippen LogP contribution in [0, 0.1) is 0 Å². The molecule has 0 radical (unpaired) electrons. The number of nitrogens with zero attached hydrogens (tertiary/aromatic N) is 6. The number of carbonyl (C=O) groups is 2. The van der Waals surface area contributed by atoms with Gasteiger partial charge in [-0.05, 0) is 22.4 Å². The average molecular weight is 329 g/mol. The number of carbonyl (C=O) groups excluding carboxylic acids is 2. The highest BCUT2D eigenvalue weighted by molar-refractivity contribution is 5.86. The van der Waals surface area contributed by atoms with E-state index in [9.17, 15) is 9.59 Å². The highest BCUT2D eigenvalue weighted by atomic mass is 16.2. The van der Waals surface area contributed by atoms with E-state index in [1.54, 1.807) is 4.90 Å². The van der Waals surface area contributed by atoms with Crippen molar-refractivity contribution in [2.24, 2.45) is 0 Å². The molecular formula is C15H19N7O2. The van der Waals surface area contributed by atoms with E-state index in [1.165, 1.54) is 15.1 Å². The van der Waals surface area contributed by atoms with E-state index in [1.807, 2.05) is 30.3 Å². The Morgan fingerprint density at radius 1 is 1.21 bits per heavy atom. The molecule has 1 aliphatic rings. The number of aromatic nitrogens is 4. The Morgan fingerprint density at radius 2 is 2.00 bits per heavy atom. The predicted molar refractivity (Wildman–Crippen MR) is 85.5 cm³/mol. The number of benzene rings is 1. The normalized spacial score (nSPS) is 14.9. The Kier molecular flexibility index (Phi) is 4.69. The van der Waals surface area contributed by atoms with Gasteiger partial charge < -0.3 is 15.5 Å². The SMILES string of the molecule is Nc1nnnn1CC(=O)N1CCN(CCc2ccccc2)C(=O)C1. The molecule has 3 rings (SSSR count). The number of hydrogen-bond acceptors (Lipinski definition) is 6. The Balaban J connectivity index is 1.50. The van der Waals surface area contributed by atoms with Crippen molar-refractivity contribution < 1.29 is 9.59 Å². The summed E-state index contributed by atoms with van der Waals surface area (Å²) in [6.07, 6.45) is 0.807. The minimum atomic E-state index is -0.218. The van der Waals surface area contributed by atoms with Crippen molar-refractivity contribution in [3.8, 4) is 0 Å². The fraction of sp³-hybridized carbons (Fsp3) is 0.400. The largest absolute Gasteiger partial charge is 0.367 e. The van der Waals surface area contributed by atoms with Gasteiger partial charge in [0.1, 0.15) is 6.54 Å². The third-order valence-corrected chi connectivity index (χ3v) is 4.03. The molecule has 0 aliphatic carbocycles. The van der Waals surface area contributed by atoms with Gasteiger partial charge in [-0.3, -0.25) is 9.59 Å². The van der Waals surface area contributed by atoms with Crippen LogP contribution in [0.25, 0.3) is 0 Å². The van der Waals surface area contributed by atoms with Crippen LogP contribution in [0.1, 0.15) is 5.56 Å². The fourth-order valence-corrected chi connectivity index (χ4v) is 2.62. The highest BCUT2D eigenvalue weighted by Crippen LogP contribution is 2.08. The summed E-state index contributed by atoms with van der Waals surface area (Å²) in [6.45, 7) is 1.71. The first kappa shape index (κ1) is 15.9. The molecule has 0 spiro atoms. The first-order valence-corrected chi connectivity index (χ1v) is 7.74. The van der Waals surface area contributed by atoms with Gasteiger partial charge in [0.25, 0.3) is 0 Å². The van der Waals surface area contributed by atoms with Crippen LogP contribution in [0.3, 0.4) is 0 Å². The summed E-state index contributed by atoms with van der Waals surface area (Å²) in [5.41, 5.74) is 6.74. The smallest absolute Gasteiger partial charge is 0.245 e. The molecule has 1 fully saturated rings. The summed E-state index contributed by atoms with van der Waals surface area (Å²) in [6, 6.07) is 10.0. The third-order valence-electron chi connectivity index (χ3n) is 4.03. The summed E-state index contributed by atoms with van der Waals surface area (Å²) >= 11 is 0. The molecule has 126 valence electrons. The van der Waals surface area contributed by atoms with Crippen molar-refractivity contribution in [2.75, 3.05) is 31.9 Å². The number of amides is 2. The molecule has 0 unspecified atom stereocenters. The second-order valence-electron chi connectivity index (χ2n) is 5.63. The molecule has 2 N–H and O–H groups in total. The van der Waals surface area contributed by atoms with Crippen LogP contribution in [0.5, 0.6) is 0 Å². The van der Waals surface area contributed by atoms with Crippen LogP contribution >= 0.6 is 0 Å². The Morgan fingerprint density at radius 3 is 2.67 bits per heavy atom. The van der Waals surface area contributed by atoms with Gasteiger partial charge in [-0.2, -0.15) is 0 Å². The molecule has 9 heteroatoms. The number of rotatable bonds is 5. The van der Waals surface area contributed by atoms with Gasteiger partial charge in [0.2, 0.25) is 17.8 Å². The number of piperazine rings is 1. The predicted octanol–water partition coefficient (Wildman–Crippen LogP) is -0.831. The van der Waals surface area contributed by atoms with Crippen LogP contribution in [0.2, 0.25) is 0 Å². The number of anilines is 1. The van der Waals surface area contributed by atoms with Gasteiger partial charge in [0, 0.05) is 19.6 Å². The Bertz CT molecular complexity index is 716. The van der Waals surface area contributed by atoms with Crippen molar-refractivity contribution in [3.05, 3.63) is 35.9 Å². The van der Waals surface area contributed by atoms with Crippen molar-refractivity contribution >= 4 is 17.8 Å². The van der Waals surface area contributed by atoms with E-state index in [2.05, 4.69) is 15.5 Å². The maximum Gasteiger partial charge on any atom is 0.245 e. The van der Waals surface area contributed by atoms with E-state index < -0.39 is 0 Å². The molecule has 0 bridgehead atoms. The summed E-state index contributed by atoms with van der Waals surface area (Å²) in [7, 11) is 0. The zero-order chi connectivity index (χ0) is 16.9. The summed E-state index contributed by atoms with van der Waals surface area (Å²) < 4.78 is 1.22. The molecule has 0 atom stereocenters. The van der Waals surface area contributed by atoms with E-state index >= 15 is 0 Å². The van der Waals surface area contributed by atoms with Gasteiger partial charge in [0.05, 0.1) is 6.54 Å². The zero-order valence-electron chi connectivity index (χ0n) is 13.2. The lowest BCUT2D eigenvalue weighted by atomic mass is 10.1. The van der Waals surface area contributed by atoms with E-state index in [0.717, 1.165) is 6.42 Å². The zero-order valence-corrected chi connectivity index (χ0v) is 13.2. The molecule has 2 amide bonds. The highest BCUT2D eigenvalue weighted by Gasteiger charge is 2.27. The molecular weight excluding hydrogens is 310 g/mol. The molecule has 24 heavy (non-hydrogen) atoms.